The van der Waals surface area contributed by atoms with Gasteiger partial charge in [0.2, 0.25) is 0 Å². The highest BCUT2D eigenvalue weighted by atomic mass is 16.5. The fraction of sp³-hybridized carbons (Fsp3) is 0.400. The third kappa shape index (κ3) is 2.19. The molecule has 0 aliphatic carbocycles. The average molecular weight is 275 g/mol. The van der Waals surface area contributed by atoms with Crippen molar-refractivity contribution < 1.29 is 4.74 Å². The summed E-state index contributed by atoms with van der Waals surface area (Å²) in [5, 5.41) is 0. The Morgan fingerprint density at radius 1 is 1.25 bits per heavy atom. The molecule has 0 bridgehead atoms. The minimum absolute atomic E-state index is 0.166. The first-order valence-electron chi connectivity index (χ1n) is 6.76. The summed E-state index contributed by atoms with van der Waals surface area (Å²) < 4.78 is 8.70. The first-order chi connectivity index (χ1) is 9.51. The molecule has 0 radical (unpaired) electrons. The zero-order chi connectivity index (χ0) is 14.9. The maximum atomic E-state index is 12.4. The van der Waals surface area contributed by atoms with Crippen molar-refractivity contribution in [2.75, 3.05) is 12.8 Å². The Labute approximate surface area is 118 Å². The van der Waals surface area contributed by atoms with Gasteiger partial charge < -0.3 is 10.5 Å². The molecule has 2 aromatic rings. The van der Waals surface area contributed by atoms with Crippen LogP contribution in [0.15, 0.2) is 29.1 Å². The van der Waals surface area contributed by atoms with Gasteiger partial charge in [-0.25, -0.2) is 4.68 Å². The molecular formula is C15H21N3O2. The van der Waals surface area contributed by atoms with Crippen LogP contribution in [0, 0.1) is 0 Å². The number of nitrogens with two attached hydrogens (primary N) is 1. The lowest BCUT2D eigenvalue weighted by Gasteiger charge is -2.15. The maximum absolute atomic E-state index is 12.4. The van der Waals surface area contributed by atoms with Crippen LogP contribution in [0.4, 0.5) is 5.69 Å². The summed E-state index contributed by atoms with van der Waals surface area (Å²) in [4.78, 5) is 12.4. The number of anilines is 1. The van der Waals surface area contributed by atoms with Crippen molar-refractivity contribution in [2.24, 2.45) is 0 Å². The number of hydrogen-bond acceptors (Lipinski definition) is 3. The number of benzene rings is 1. The molecule has 1 aromatic heterocycles. The van der Waals surface area contributed by atoms with Gasteiger partial charge in [-0.05, 0) is 37.1 Å². The van der Waals surface area contributed by atoms with Crippen LogP contribution in [0.25, 0.3) is 5.69 Å². The van der Waals surface area contributed by atoms with E-state index in [0.717, 1.165) is 17.1 Å². The van der Waals surface area contributed by atoms with E-state index >= 15 is 0 Å². The van der Waals surface area contributed by atoms with E-state index in [1.165, 1.54) is 0 Å². The summed E-state index contributed by atoms with van der Waals surface area (Å²) in [6, 6.07) is 7.38. The molecule has 108 valence electrons. The SMILES string of the molecule is CCn1c(C(C)C)c(N)c(=O)n1-c1ccc(OC)cc1. The lowest BCUT2D eigenvalue weighted by molar-refractivity contribution is 0.414. The van der Waals surface area contributed by atoms with Gasteiger partial charge in [-0.15, -0.1) is 0 Å². The van der Waals surface area contributed by atoms with E-state index in [1.54, 1.807) is 11.8 Å². The first kappa shape index (κ1) is 14.2. The van der Waals surface area contributed by atoms with Crippen molar-refractivity contribution in [1.82, 2.24) is 9.36 Å². The van der Waals surface area contributed by atoms with E-state index in [4.69, 9.17) is 10.5 Å². The number of aromatic nitrogens is 2. The molecule has 0 saturated heterocycles. The molecule has 2 rings (SSSR count). The van der Waals surface area contributed by atoms with Gasteiger partial charge in [0.05, 0.1) is 18.5 Å². The van der Waals surface area contributed by atoms with Gasteiger partial charge in [0.25, 0.3) is 5.56 Å². The summed E-state index contributed by atoms with van der Waals surface area (Å²) in [5.74, 6) is 0.954. The normalized spacial score (nSPS) is 11.1. The Kier molecular flexibility index (Phi) is 3.88. The van der Waals surface area contributed by atoms with Gasteiger partial charge in [0.1, 0.15) is 11.4 Å². The van der Waals surface area contributed by atoms with E-state index in [2.05, 4.69) is 0 Å². The van der Waals surface area contributed by atoms with Gasteiger partial charge in [0.15, 0.2) is 0 Å². The smallest absolute Gasteiger partial charge is 0.294 e. The molecule has 5 heteroatoms. The van der Waals surface area contributed by atoms with Crippen molar-refractivity contribution >= 4 is 5.69 Å². The van der Waals surface area contributed by atoms with Crippen LogP contribution in [-0.4, -0.2) is 16.5 Å². The Balaban J connectivity index is 2.66. The fourth-order valence-corrected chi connectivity index (χ4v) is 2.48. The van der Waals surface area contributed by atoms with Gasteiger partial charge in [0, 0.05) is 6.54 Å². The Hall–Kier alpha value is -2.17. The quantitative estimate of drug-likeness (QED) is 0.931. The van der Waals surface area contributed by atoms with Crippen LogP contribution in [0.5, 0.6) is 5.75 Å². The van der Waals surface area contributed by atoms with Gasteiger partial charge in [-0.2, -0.15) is 0 Å². The Morgan fingerprint density at radius 2 is 1.85 bits per heavy atom. The summed E-state index contributed by atoms with van der Waals surface area (Å²) >= 11 is 0. The second-order valence-corrected chi connectivity index (χ2v) is 4.98. The van der Waals surface area contributed by atoms with Crippen LogP contribution in [0.3, 0.4) is 0 Å². The van der Waals surface area contributed by atoms with E-state index in [0.29, 0.717) is 12.2 Å². The van der Waals surface area contributed by atoms with Crippen molar-refractivity contribution in [2.45, 2.75) is 33.2 Å². The summed E-state index contributed by atoms with van der Waals surface area (Å²) in [6.07, 6.45) is 0. The predicted molar refractivity (Wildman–Crippen MR) is 80.8 cm³/mol. The molecule has 20 heavy (non-hydrogen) atoms. The van der Waals surface area contributed by atoms with E-state index in [9.17, 15) is 4.79 Å². The molecule has 0 saturated carbocycles. The summed E-state index contributed by atoms with van der Waals surface area (Å²) in [6.45, 7) is 6.77. The molecule has 0 aliphatic heterocycles. The van der Waals surface area contributed by atoms with Gasteiger partial charge >= 0.3 is 0 Å². The number of rotatable bonds is 4. The van der Waals surface area contributed by atoms with E-state index in [-0.39, 0.29) is 11.5 Å². The Morgan fingerprint density at radius 3 is 2.30 bits per heavy atom. The number of ether oxygens (including phenoxy) is 1. The molecule has 0 aliphatic rings. The predicted octanol–water partition coefficient (Wildman–Crippen LogP) is 2.37. The van der Waals surface area contributed by atoms with Crippen LogP contribution < -0.4 is 16.0 Å². The molecule has 0 fully saturated rings. The zero-order valence-electron chi connectivity index (χ0n) is 12.4. The largest absolute Gasteiger partial charge is 0.497 e. The summed E-state index contributed by atoms with van der Waals surface area (Å²) in [5.41, 5.74) is 7.83. The lowest BCUT2D eigenvalue weighted by atomic mass is 10.1. The maximum Gasteiger partial charge on any atom is 0.294 e. The van der Waals surface area contributed by atoms with Crippen molar-refractivity contribution in [3.05, 3.63) is 40.3 Å². The lowest BCUT2D eigenvalue weighted by Crippen LogP contribution is -2.22. The molecule has 2 N–H and O–H groups in total. The minimum atomic E-state index is -0.166. The highest BCUT2D eigenvalue weighted by molar-refractivity contribution is 5.47. The molecule has 1 heterocycles. The number of nitrogens with zero attached hydrogens (tertiary/aromatic N) is 2. The molecule has 0 spiro atoms. The second-order valence-electron chi connectivity index (χ2n) is 4.98. The first-order valence-corrected chi connectivity index (χ1v) is 6.76. The number of nitrogen functional groups attached to an aromatic ring is 1. The minimum Gasteiger partial charge on any atom is -0.497 e. The monoisotopic (exact) mass is 275 g/mol. The molecule has 0 unspecified atom stereocenters. The Bertz CT molecular complexity index is 651. The highest BCUT2D eigenvalue weighted by Crippen LogP contribution is 2.22. The van der Waals surface area contributed by atoms with Crippen molar-refractivity contribution in [3.63, 3.8) is 0 Å². The summed E-state index contributed by atoms with van der Waals surface area (Å²) in [7, 11) is 1.62. The zero-order valence-corrected chi connectivity index (χ0v) is 12.4. The molecule has 0 atom stereocenters. The number of methoxy groups -OCH3 is 1. The average Bonchev–Trinajstić information content (AvgIpc) is 2.71. The second kappa shape index (κ2) is 5.45. The van der Waals surface area contributed by atoms with Crippen LogP contribution in [0.1, 0.15) is 32.4 Å². The fourth-order valence-electron chi connectivity index (χ4n) is 2.48. The van der Waals surface area contributed by atoms with Gasteiger partial charge in [-0.1, -0.05) is 13.8 Å². The standard InChI is InChI=1S/C15H21N3O2/c1-5-17-14(10(2)3)13(16)15(19)18(17)11-6-8-12(20-4)9-7-11/h6-10H,5,16H2,1-4H3. The van der Waals surface area contributed by atoms with Crippen molar-refractivity contribution in [3.8, 4) is 11.4 Å². The number of hydrogen-bond donors (Lipinski definition) is 1. The molecule has 0 amide bonds. The van der Waals surface area contributed by atoms with E-state index < -0.39 is 0 Å². The third-order valence-electron chi connectivity index (χ3n) is 3.38. The van der Waals surface area contributed by atoms with E-state index in [1.807, 2.05) is 49.7 Å². The highest BCUT2D eigenvalue weighted by Gasteiger charge is 2.20. The molecule has 5 nitrogen and oxygen atoms in total. The van der Waals surface area contributed by atoms with Crippen LogP contribution >= 0.6 is 0 Å². The van der Waals surface area contributed by atoms with Crippen molar-refractivity contribution in [1.29, 1.82) is 0 Å². The molecular weight excluding hydrogens is 254 g/mol. The third-order valence-corrected chi connectivity index (χ3v) is 3.38. The molecule has 1 aromatic carbocycles. The topological polar surface area (TPSA) is 62.2 Å². The van der Waals surface area contributed by atoms with Crippen LogP contribution in [0.2, 0.25) is 0 Å². The van der Waals surface area contributed by atoms with Crippen LogP contribution in [-0.2, 0) is 6.54 Å². The van der Waals surface area contributed by atoms with Gasteiger partial charge in [-0.3, -0.25) is 9.48 Å².